The third-order valence-electron chi connectivity index (χ3n) is 10.2. The zero-order chi connectivity index (χ0) is 40.2. The Morgan fingerprint density at radius 1 is 0.397 bits per heavy atom. The Balaban J connectivity index is 1.37. The van der Waals surface area contributed by atoms with Crippen molar-refractivity contribution in [3.8, 4) is 62.1 Å². The van der Waals surface area contributed by atoms with Gasteiger partial charge >= 0.3 is 12.4 Å². The Labute approximate surface area is 328 Å². The lowest BCUT2D eigenvalue weighted by Gasteiger charge is -2.19. The summed E-state index contributed by atoms with van der Waals surface area (Å²) in [7, 11) is 0. The summed E-state index contributed by atoms with van der Waals surface area (Å²) in [6.07, 6.45) is -10.1. The van der Waals surface area contributed by atoms with E-state index in [2.05, 4.69) is 0 Å². The molecule has 0 aliphatic carbocycles. The maximum Gasteiger partial charge on any atom is 0.416 e. The lowest BCUT2D eigenvalue weighted by Crippen LogP contribution is -2.11. The molecule has 0 aliphatic rings. The summed E-state index contributed by atoms with van der Waals surface area (Å²) in [6.45, 7) is 2.00. The van der Waals surface area contributed by atoms with Crippen LogP contribution < -0.4 is 0 Å². The fraction of sp³-hybridized carbons (Fsp3) is 0.0625. The van der Waals surface area contributed by atoms with Gasteiger partial charge in [-0.1, -0.05) is 127 Å². The number of rotatable bonds is 6. The summed E-state index contributed by atoms with van der Waals surface area (Å²) in [5.74, 6) is 1.05. The Bertz CT molecular complexity index is 2900. The third-order valence-corrected chi connectivity index (χ3v) is 10.2. The second-order valence-electron chi connectivity index (χ2n) is 14.0. The molecule has 0 amide bonds. The van der Waals surface area contributed by atoms with Crippen LogP contribution in [0, 0.1) is 6.92 Å². The maximum absolute atomic E-state index is 14.3. The first kappa shape index (κ1) is 36.6. The number of aryl methyl sites for hydroxylation is 1. The highest BCUT2D eigenvalue weighted by Gasteiger charge is 2.37. The minimum absolute atomic E-state index is 0.143. The summed E-state index contributed by atoms with van der Waals surface area (Å²) in [6, 6.07) is 46.8. The fourth-order valence-electron chi connectivity index (χ4n) is 7.44. The fourth-order valence-corrected chi connectivity index (χ4v) is 7.44. The average Bonchev–Trinajstić information content (AvgIpc) is 3.57. The van der Waals surface area contributed by atoms with Crippen LogP contribution in [-0.2, 0) is 12.4 Å². The minimum Gasteiger partial charge on any atom is -0.309 e. The number of benzene rings is 7. The van der Waals surface area contributed by atoms with Crippen LogP contribution in [0.3, 0.4) is 0 Å². The number of hydrogen-bond donors (Lipinski definition) is 0. The molecule has 0 unspecified atom stereocenters. The molecule has 0 saturated heterocycles. The summed E-state index contributed by atoms with van der Waals surface area (Å²) >= 11 is 0. The van der Waals surface area contributed by atoms with E-state index in [9.17, 15) is 26.3 Å². The van der Waals surface area contributed by atoms with Gasteiger partial charge in [0.2, 0.25) is 0 Å². The molecular weight excluding hydrogens is 747 g/mol. The van der Waals surface area contributed by atoms with E-state index < -0.39 is 23.5 Å². The highest BCUT2D eigenvalue weighted by atomic mass is 19.4. The molecule has 4 nitrogen and oxygen atoms in total. The minimum atomic E-state index is -5.04. The highest BCUT2D eigenvalue weighted by Crippen LogP contribution is 2.43. The number of nitrogens with zero attached hydrogens (tertiary/aromatic N) is 4. The standard InChI is InChI=1S/C48H30F6N4/c1-29-12-8-9-17-37(29)32-20-23-40-39-18-10-11-19-41(39)58(43(40)26-32)42-27-33(21-22-38(42)34-24-35(47(49,50)51)28-36(25-34)48(52,53)54)46-56-44(30-13-4-2-5-14-30)55-45(57-46)31-15-6-3-7-16-31/h2-28H,1H3. The molecule has 284 valence electrons. The first-order valence-corrected chi connectivity index (χ1v) is 18.3. The molecule has 0 N–H and O–H groups in total. The van der Waals surface area contributed by atoms with Gasteiger partial charge < -0.3 is 4.57 Å². The van der Waals surface area contributed by atoms with E-state index in [1.165, 1.54) is 0 Å². The van der Waals surface area contributed by atoms with Gasteiger partial charge in [-0.05, 0) is 65.6 Å². The van der Waals surface area contributed by atoms with E-state index in [1.54, 1.807) is 18.2 Å². The maximum atomic E-state index is 14.3. The van der Waals surface area contributed by atoms with Crippen molar-refractivity contribution < 1.29 is 26.3 Å². The molecule has 2 aromatic heterocycles. The van der Waals surface area contributed by atoms with Crippen LogP contribution in [0.25, 0.3) is 83.9 Å². The van der Waals surface area contributed by atoms with Gasteiger partial charge in [0, 0.05) is 33.0 Å². The summed E-state index contributed by atoms with van der Waals surface area (Å²) in [4.78, 5) is 14.5. The number of halogens is 6. The molecule has 0 aliphatic heterocycles. The lowest BCUT2D eigenvalue weighted by atomic mass is 9.96. The van der Waals surface area contributed by atoms with Crippen molar-refractivity contribution in [3.63, 3.8) is 0 Å². The van der Waals surface area contributed by atoms with Crippen molar-refractivity contribution in [2.24, 2.45) is 0 Å². The number of hydrogen-bond acceptors (Lipinski definition) is 3. The predicted octanol–water partition coefficient (Wildman–Crippen LogP) is 13.6. The Hall–Kier alpha value is -7.07. The van der Waals surface area contributed by atoms with Gasteiger partial charge in [0.25, 0.3) is 0 Å². The van der Waals surface area contributed by atoms with E-state index in [1.807, 2.05) is 139 Å². The molecule has 0 atom stereocenters. The number of alkyl halides is 6. The Morgan fingerprint density at radius 3 is 1.52 bits per heavy atom. The van der Waals surface area contributed by atoms with Crippen LogP contribution in [0.4, 0.5) is 26.3 Å². The molecule has 0 bridgehead atoms. The molecular formula is C48H30F6N4. The van der Waals surface area contributed by atoms with E-state index >= 15 is 0 Å². The first-order valence-electron chi connectivity index (χ1n) is 18.3. The predicted molar refractivity (Wildman–Crippen MR) is 216 cm³/mol. The van der Waals surface area contributed by atoms with Gasteiger partial charge in [-0.3, -0.25) is 0 Å². The van der Waals surface area contributed by atoms with Crippen molar-refractivity contribution in [2.75, 3.05) is 0 Å². The smallest absolute Gasteiger partial charge is 0.309 e. The van der Waals surface area contributed by atoms with Crippen molar-refractivity contribution in [2.45, 2.75) is 19.3 Å². The molecule has 2 heterocycles. The topological polar surface area (TPSA) is 43.6 Å². The van der Waals surface area contributed by atoms with E-state index in [0.29, 0.717) is 33.9 Å². The van der Waals surface area contributed by atoms with Crippen LogP contribution in [0.15, 0.2) is 164 Å². The molecule has 58 heavy (non-hydrogen) atoms. The van der Waals surface area contributed by atoms with Crippen LogP contribution in [0.5, 0.6) is 0 Å². The van der Waals surface area contributed by atoms with Gasteiger partial charge in [-0.15, -0.1) is 0 Å². The van der Waals surface area contributed by atoms with Crippen LogP contribution in [-0.4, -0.2) is 19.5 Å². The Morgan fingerprint density at radius 2 is 0.914 bits per heavy atom. The van der Waals surface area contributed by atoms with Crippen molar-refractivity contribution in [3.05, 3.63) is 180 Å². The molecule has 0 fully saturated rings. The van der Waals surface area contributed by atoms with Crippen LogP contribution >= 0.6 is 0 Å². The van der Waals surface area contributed by atoms with Crippen molar-refractivity contribution >= 4 is 21.8 Å². The average molecular weight is 777 g/mol. The third kappa shape index (κ3) is 6.76. The molecule has 0 spiro atoms. The van der Waals surface area contributed by atoms with Gasteiger partial charge in [0.05, 0.1) is 27.8 Å². The second kappa shape index (κ2) is 14.1. The highest BCUT2D eigenvalue weighted by molar-refractivity contribution is 6.11. The van der Waals surface area contributed by atoms with Gasteiger partial charge in [0.15, 0.2) is 17.5 Å². The summed E-state index contributed by atoms with van der Waals surface area (Å²) in [5, 5.41) is 1.70. The van der Waals surface area contributed by atoms with Crippen LogP contribution in [0.2, 0.25) is 0 Å². The van der Waals surface area contributed by atoms with Crippen molar-refractivity contribution in [1.82, 2.24) is 19.5 Å². The molecule has 10 heteroatoms. The zero-order valence-corrected chi connectivity index (χ0v) is 30.6. The van der Waals surface area contributed by atoms with E-state index in [4.69, 9.17) is 15.0 Å². The van der Waals surface area contributed by atoms with Gasteiger partial charge in [0.1, 0.15) is 0 Å². The first-order chi connectivity index (χ1) is 27.9. The van der Waals surface area contributed by atoms with Gasteiger partial charge in [-0.25, -0.2) is 15.0 Å². The lowest BCUT2D eigenvalue weighted by molar-refractivity contribution is -0.143. The second-order valence-corrected chi connectivity index (χ2v) is 14.0. The monoisotopic (exact) mass is 776 g/mol. The van der Waals surface area contributed by atoms with Crippen LogP contribution in [0.1, 0.15) is 16.7 Å². The largest absolute Gasteiger partial charge is 0.416 e. The quantitative estimate of drug-likeness (QED) is 0.158. The van der Waals surface area contributed by atoms with Crippen molar-refractivity contribution in [1.29, 1.82) is 0 Å². The molecule has 0 radical (unpaired) electrons. The molecule has 9 rings (SSSR count). The summed E-state index contributed by atoms with van der Waals surface area (Å²) < 4.78 is 87.9. The normalized spacial score (nSPS) is 12.1. The number of fused-ring (bicyclic) bond motifs is 3. The molecule has 0 saturated carbocycles. The number of aromatic nitrogens is 4. The molecule has 7 aromatic carbocycles. The number of para-hydroxylation sites is 1. The summed E-state index contributed by atoms with van der Waals surface area (Å²) in [5.41, 5.74) is 3.65. The molecule has 9 aromatic rings. The SMILES string of the molecule is Cc1ccccc1-c1ccc2c3ccccc3n(-c3cc(-c4nc(-c5ccccc5)nc(-c5ccccc5)n4)ccc3-c3cc(C(F)(F)F)cc(C(F)(F)F)c3)c2c1. The van der Waals surface area contributed by atoms with E-state index in [0.717, 1.165) is 50.7 Å². The van der Waals surface area contributed by atoms with E-state index in [-0.39, 0.29) is 23.0 Å². The van der Waals surface area contributed by atoms with Gasteiger partial charge in [-0.2, -0.15) is 26.3 Å². The zero-order valence-electron chi connectivity index (χ0n) is 30.6. The Kier molecular flexibility index (Phi) is 8.92.